The molecule has 0 radical (unpaired) electrons. The number of rotatable bonds is 9. The lowest BCUT2D eigenvalue weighted by Gasteiger charge is -2.38. The van der Waals surface area contributed by atoms with Gasteiger partial charge in [-0.1, -0.05) is 52.3 Å². The zero-order chi connectivity index (χ0) is 17.2. The van der Waals surface area contributed by atoms with E-state index in [0.717, 1.165) is 12.8 Å². The third kappa shape index (κ3) is 6.57. The molecule has 0 spiro atoms. The van der Waals surface area contributed by atoms with Crippen LogP contribution in [0.5, 0.6) is 0 Å². The summed E-state index contributed by atoms with van der Waals surface area (Å²) in [6, 6.07) is 0. The molecule has 0 amide bonds. The van der Waals surface area contributed by atoms with Crippen LogP contribution in [0.25, 0.3) is 0 Å². The number of aliphatic hydroxyl groups excluding tert-OH is 1. The van der Waals surface area contributed by atoms with Gasteiger partial charge < -0.3 is 5.11 Å². The van der Waals surface area contributed by atoms with Gasteiger partial charge in [-0.2, -0.15) is 0 Å². The molecule has 0 saturated carbocycles. The lowest BCUT2D eigenvalue weighted by atomic mass is 10.0. The van der Waals surface area contributed by atoms with Gasteiger partial charge in [-0.25, -0.2) is 0 Å². The van der Waals surface area contributed by atoms with Crippen LogP contribution in [0.1, 0.15) is 66.2 Å². The van der Waals surface area contributed by atoms with E-state index < -0.39 is 14.2 Å². The van der Waals surface area contributed by atoms with Crippen molar-refractivity contribution in [1.82, 2.24) is 0 Å². The maximum absolute atomic E-state index is 10.7. The third-order valence-electron chi connectivity index (χ3n) is 4.64. The van der Waals surface area contributed by atoms with Gasteiger partial charge in [0.1, 0.15) is 0 Å². The van der Waals surface area contributed by atoms with E-state index in [1.54, 1.807) is 0 Å². The van der Waals surface area contributed by atoms with Gasteiger partial charge in [0.25, 0.3) is 0 Å². The molecule has 126 valence electrons. The fourth-order valence-corrected chi connectivity index (χ4v) is 3.85. The van der Waals surface area contributed by atoms with Crippen molar-refractivity contribution in [2.45, 2.75) is 97.0 Å². The van der Waals surface area contributed by atoms with E-state index in [4.69, 9.17) is 0 Å². The van der Waals surface area contributed by atoms with Gasteiger partial charge in [-0.05, 0) is 51.2 Å². The second kappa shape index (κ2) is 10.1. The number of hydrogen-bond donors (Lipinski definition) is 1. The lowest BCUT2D eigenvalue weighted by Crippen LogP contribution is -2.44. The Morgan fingerprint density at radius 3 is 2.00 bits per heavy atom. The van der Waals surface area contributed by atoms with E-state index in [1.165, 1.54) is 31.3 Å². The van der Waals surface area contributed by atoms with Gasteiger partial charge in [-0.3, -0.25) is 0 Å². The van der Waals surface area contributed by atoms with E-state index in [0.29, 0.717) is 0 Å². The van der Waals surface area contributed by atoms with Crippen LogP contribution in [0.15, 0.2) is 17.4 Å². The van der Waals surface area contributed by atoms with E-state index in [1.807, 2.05) is 13.0 Å². The molecule has 1 nitrogen and oxygen atoms in total. The Morgan fingerprint density at radius 1 is 1.14 bits per heavy atom. The van der Waals surface area contributed by atoms with Crippen LogP contribution in [0, 0.1) is 11.8 Å². The normalized spacial score (nSPS) is 15.1. The zero-order valence-electron chi connectivity index (χ0n) is 15.8. The summed E-state index contributed by atoms with van der Waals surface area (Å²) in [6.45, 7) is 15.2. The molecule has 0 aliphatic carbocycles. The lowest BCUT2D eigenvalue weighted by molar-refractivity contribution is 0.192. The minimum atomic E-state index is -1.62. The molecule has 2 atom stereocenters. The second-order valence-electron chi connectivity index (χ2n) is 7.39. The quantitative estimate of drug-likeness (QED) is 0.317. The second-order valence-corrected chi connectivity index (χ2v) is 12.9. The van der Waals surface area contributed by atoms with Crippen LogP contribution in [0.3, 0.4) is 0 Å². The average Bonchev–Trinajstić information content (AvgIpc) is 2.45. The summed E-state index contributed by atoms with van der Waals surface area (Å²) in [4.78, 5) is 0. The van der Waals surface area contributed by atoms with Crippen molar-refractivity contribution < 1.29 is 5.11 Å². The first-order valence-electron chi connectivity index (χ1n) is 8.79. The van der Waals surface area contributed by atoms with Gasteiger partial charge in [0.15, 0.2) is 0 Å². The molecule has 0 bridgehead atoms. The Labute approximate surface area is 139 Å². The molecule has 0 aliphatic rings. The van der Waals surface area contributed by atoms with Crippen molar-refractivity contribution in [2.75, 3.05) is 0 Å². The molecule has 0 aromatic heterocycles. The molecule has 0 rings (SSSR count). The minimum absolute atomic E-state index is 0.324. The molecule has 2 heteroatoms. The van der Waals surface area contributed by atoms with Crippen LogP contribution >= 0.6 is 0 Å². The zero-order valence-corrected chi connectivity index (χ0v) is 16.8. The first kappa shape index (κ1) is 21.3. The van der Waals surface area contributed by atoms with Gasteiger partial charge >= 0.3 is 0 Å². The van der Waals surface area contributed by atoms with Gasteiger partial charge in [0.05, 0.1) is 19.2 Å². The smallest absolute Gasteiger partial charge is 0.0930 e. The van der Waals surface area contributed by atoms with Crippen LogP contribution in [-0.4, -0.2) is 19.3 Å². The van der Waals surface area contributed by atoms with Gasteiger partial charge in [0.2, 0.25) is 0 Å². The molecule has 0 unspecified atom stereocenters. The van der Waals surface area contributed by atoms with Crippen LogP contribution in [-0.2, 0) is 0 Å². The first-order chi connectivity index (χ1) is 10.2. The van der Waals surface area contributed by atoms with Crippen LogP contribution < -0.4 is 0 Å². The molecule has 0 heterocycles. The fraction of sp³-hybridized carbons (Fsp3) is 0.750. The Kier molecular flexibility index (Phi) is 9.77. The van der Waals surface area contributed by atoms with E-state index in [9.17, 15) is 5.11 Å². The maximum Gasteiger partial charge on any atom is 0.0930 e. The Hall–Kier alpha value is -0.743. The van der Waals surface area contributed by atoms with Gasteiger partial charge in [-0.15, -0.1) is 11.7 Å². The molecular formula is C20H36OSi. The minimum Gasteiger partial charge on any atom is -0.387 e. The Morgan fingerprint density at radius 2 is 1.64 bits per heavy atom. The number of unbranched alkanes of at least 4 members (excludes halogenated alkanes) is 2. The highest BCUT2D eigenvalue weighted by Crippen LogP contribution is 2.41. The molecule has 0 aromatic carbocycles. The highest BCUT2D eigenvalue weighted by atomic mass is 28.3. The summed E-state index contributed by atoms with van der Waals surface area (Å²) in [5.74, 6) is 6.31. The average molecular weight is 321 g/mol. The number of hydrogen-bond acceptors (Lipinski definition) is 1. The Bertz CT molecular complexity index is 431. The van der Waals surface area contributed by atoms with Crippen molar-refractivity contribution in [3.05, 3.63) is 17.4 Å². The topological polar surface area (TPSA) is 20.2 Å². The molecule has 0 aromatic rings. The largest absolute Gasteiger partial charge is 0.387 e. The van der Waals surface area contributed by atoms with E-state index >= 15 is 0 Å². The monoisotopic (exact) mass is 320 g/mol. The predicted molar refractivity (Wildman–Crippen MR) is 102 cm³/mol. The van der Waals surface area contributed by atoms with Gasteiger partial charge in [0, 0.05) is 0 Å². The molecule has 1 N–H and O–H groups in total. The molecular weight excluding hydrogens is 284 g/mol. The third-order valence-corrected chi connectivity index (χ3v) is 8.18. The summed E-state index contributed by atoms with van der Waals surface area (Å²) in [5, 5.41) is 10.4. The number of aliphatic hydroxyl groups is 1. The van der Waals surface area contributed by atoms with E-state index in [-0.39, 0.29) is 5.04 Å². The molecule has 0 fully saturated rings. The summed E-state index contributed by atoms with van der Waals surface area (Å²) in [6.07, 6.45) is 8.35. The van der Waals surface area contributed by atoms with Crippen molar-refractivity contribution in [3.8, 4) is 11.8 Å². The maximum atomic E-state index is 10.7. The van der Waals surface area contributed by atoms with Crippen LogP contribution in [0.2, 0.25) is 24.7 Å². The molecule has 0 saturated heterocycles. The summed E-state index contributed by atoms with van der Waals surface area (Å²) < 4.78 is 0. The van der Waals surface area contributed by atoms with Crippen LogP contribution in [0.4, 0.5) is 0 Å². The Balaban J connectivity index is 5.38. The SMILES string of the molecule is CC#C[C@](C)([C@H](O)C=C=C(CCCC)CCCC)[Si](C)(C)C. The predicted octanol–water partition coefficient (Wildman–Crippen LogP) is 5.93. The highest BCUT2D eigenvalue weighted by molar-refractivity contribution is 6.80. The summed E-state index contributed by atoms with van der Waals surface area (Å²) >= 11 is 0. The van der Waals surface area contributed by atoms with Crippen molar-refractivity contribution >= 4 is 8.07 Å². The summed E-state index contributed by atoms with van der Waals surface area (Å²) in [7, 11) is -1.62. The van der Waals surface area contributed by atoms with Crippen molar-refractivity contribution in [1.29, 1.82) is 0 Å². The standard InChI is InChI=1S/C20H36OSi/c1-8-11-13-18(14-12-9-2)15-16-19(21)20(4,17-10-3)22(5,6)7/h16,19,21H,8-9,11-14H2,1-7H3/t19-,20-/m1/s1. The van der Waals surface area contributed by atoms with Crippen molar-refractivity contribution in [2.24, 2.45) is 0 Å². The fourth-order valence-electron chi connectivity index (χ4n) is 2.38. The van der Waals surface area contributed by atoms with E-state index in [2.05, 4.69) is 58.0 Å². The van der Waals surface area contributed by atoms with Crippen molar-refractivity contribution in [3.63, 3.8) is 0 Å². The molecule has 0 aliphatic heterocycles. The summed E-state index contributed by atoms with van der Waals surface area (Å²) in [5.41, 5.74) is 4.77. The highest BCUT2D eigenvalue weighted by Gasteiger charge is 2.42. The molecule has 22 heavy (non-hydrogen) atoms. The first-order valence-corrected chi connectivity index (χ1v) is 12.3.